The van der Waals surface area contributed by atoms with E-state index >= 15 is 0 Å². The molecule has 8 nitrogen and oxygen atoms in total. The fourth-order valence-corrected chi connectivity index (χ4v) is 2.63. The van der Waals surface area contributed by atoms with Crippen LogP contribution in [0.15, 0.2) is 24.3 Å². The summed E-state index contributed by atoms with van der Waals surface area (Å²) in [7, 11) is 1.17. The number of methoxy groups -OCH3 is 1. The summed E-state index contributed by atoms with van der Waals surface area (Å²) in [5, 5.41) is 5.03. The molecule has 0 spiro atoms. The van der Waals surface area contributed by atoms with Crippen LogP contribution in [0, 0.1) is 5.82 Å². The van der Waals surface area contributed by atoms with E-state index in [-0.39, 0.29) is 19.3 Å². The molecule has 1 aromatic carbocycles. The van der Waals surface area contributed by atoms with Gasteiger partial charge < -0.3 is 20.1 Å². The zero-order valence-corrected chi connectivity index (χ0v) is 17.9. The number of halogens is 1. The molecule has 9 heteroatoms. The van der Waals surface area contributed by atoms with Crippen LogP contribution in [0.3, 0.4) is 0 Å². The number of carbonyl (C=O) groups is 4. The summed E-state index contributed by atoms with van der Waals surface area (Å²) in [6.45, 7) is 6.42. The molecule has 30 heavy (non-hydrogen) atoms. The van der Waals surface area contributed by atoms with Crippen LogP contribution >= 0.6 is 0 Å². The van der Waals surface area contributed by atoms with E-state index in [2.05, 4.69) is 10.6 Å². The normalized spacial score (nSPS) is 13.0. The van der Waals surface area contributed by atoms with Crippen molar-refractivity contribution in [3.63, 3.8) is 0 Å². The molecule has 2 atom stereocenters. The van der Waals surface area contributed by atoms with E-state index in [1.807, 2.05) is 0 Å². The lowest BCUT2D eigenvalue weighted by molar-refractivity contribution is -0.155. The Balaban J connectivity index is 2.85. The highest BCUT2D eigenvalue weighted by molar-refractivity contribution is 5.90. The fourth-order valence-electron chi connectivity index (χ4n) is 2.63. The molecule has 2 amide bonds. The van der Waals surface area contributed by atoms with Crippen LogP contribution in [0.5, 0.6) is 0 Å². The standard InChI is InChI=1S/C21H29FN2O6/c1-13(25)23-17(12-14-6-8-15(22)9-7-14)19(27)24-16(20(28)29-5)10-11-18(26)30-21(2,3)4/h6-9,16-17H,10-12H2,1-5H3,(H,23,25)(H,24,27)/t16-,17+/m0/s1. The van der Waals surface area contributed by atoms with Gasteiger partial charge >= 0.3 is 11.9 Å². The summed E-state index contributed by atoms with van der Waals surface area (Å²) in [5.41, 5.74) is -0.0547. The largest absolute Gasteiger partial charge is 0.467 e. The van der Waals surface area contributed by atoms with Crippen molar-refractivity contribution in [2.24, 2.45) is 0 Å². The number of benzene rings is 1. The molecule has 166 valence electrons. The quantitative estimate of drug-likeness (QED) is 0.583. The third-order valence-electron chi connectivity index (χ3n) is 3.91. The smallest absolute Gasteiger partial charge is 0.328 e. The molecule has 0 fully saturated rings. The van der Waals surface area contributed by atoms with E-state index in [1.165, 1.54) is 38.3 Å². The van der Waals surface area contributed by atoms with Crippen molar-refractivity contribution in [1.82, 2.24) is 10.6 Å². The van der Waals surface area contributed by atoms with Gasteiger partial charge in [0, 0.05) is 19.8 Å². The first-order valence-corrected chi connectivity index (χ1v) is 9.53. The second-order valence-electron chi connectivity index (χ2n) is 7.79. The number of carbonyl (C=O) groups excluding carboxylic acids is 4. The minimum Gasteiger partial charge on any atom is -0.467 e. The SMILES string of the molecule is COC(=O)[C@H](CCC(=O)OC(C)(C)C)NC(=O)[C@@H](Cc1ccc(F)cc1)NC(C)=O. The van der Waals surface area contributed by atoms with Crippen molar-refractivity contribution in [2.45, 2.75) is 64.6 Å². The van der Waals surface area contributed by atoms with Gasteiger partial charge in [-0.25, -0.2) is 9.18 Å². The van der Waals surface area contributed by atoms with Crippen molar-refractivity contribution in [3.8, 4) is 0 Å². The molecule has 1 aromatic rings. The van der Waals surface area contributed by atoms with Gasteiger partial charge in [0.1, 0.15) is 23.5 Å². The number of esters is 2. The van der Waals surface area contributed by atoms with Gasteiger partial charge in [0.05, 0.1) is 7.11 Å². The van der Waals surface area contributed by atoms with E-state index in [1.54, 1.807) is 20.8 Å². The van der Waals surface area contributed by atoms with Crippen LogP contribution in [0.1, 0.15) is 46.1 Å². The van der Waals surface area contributed by atoms with E-state index < -0.39 is 47.3 Å². The highest BCUT2D eigenvalue weighted by atomic mass is 19.1. The number of amides is 2. The van der Waals surface area contributed by atoms with Gasteiger partial charge in [-0.05, 0) is 44.9 Å². The lowest BCUT2D eigenvalue weighted by atomic mass is 10.0. The monoisotopic (exact) mass is 424 g/mol. The first-order valence-electron chi connectivity index (χ1n) is 9.53. The Morgan fingerprint density at radius 1 is 1.03 bits per heavy atom. The minimum absolute atomic E-state index is 0.0311. The summed E-state index contributed by atoms with van der Waals surface area (Å²) in [6, 6.07) is 3.39. The Kier molecular flexibility index (Phi) is 9.42. The van der Waals surface area contributed by atoms with E-state index in [9.17, 15) is 23.6 Å². The van der Waals surface area contributed by atoms with E-state index in [0.29, 0.717) is 5.56 Å². The molecule has 2 N–H and O–H groups in total. The molecular formula is C21H29FN2O6. The number of rotatable bonds is 9. The Morgan fingerprint density at radius 3 is 2.13 bits per heavy atom. The average Bonchev–Trinajstić information content (AvgIpc) is 2.63. The molecule has 0 aliphatic carbocycles. The number of ether oxygens (including phenoxy) is 2. The van der Waals surface area contributed by atoms with Crippen molar-refractivity contribution < 1.29 is 33.0 Å². The Labute approximate surface area is 175 Å². The van der Waals surface area contributed by atoms with Crippen LogP contribution in [0.2, 0.25) is 0 Å². The van der Waals surface area contributed by atoms with Crippen LogP contribution in [-0.2, 0) is 35.1 Å². The summed E-state index contributed by atoms with van der Waals surface area (Å²) >= 11 is 0. The highest BCUT2D eigenvalue weighted by Gasteiger charge is 2.28. The Morgan fingerprint density at radius 2 is 1.63 bits per heavy atom. The first kappa shape index (κ1) is 25.1. The maximum Gasteiger partial charge on any atom is 0.328 e. The molecule has 0 aliphatic rings. The van der Waals surface area contributed by atoms with Crippen molar-refractivity contribution in [3.05, 3.63) is 35.6 Å². The zero-order valence-electron chi connectivity index (χ0n) is 17.9. The Bertz CT molecular complexity index is 758. The lowest BCUT2D eigenvalue weighted by Gasteiger charge is -2.23. The fraction of sp³-hybridized carbons (Fsp3) is 0.524. The van der Waals surface area contributed by atoms with Crippen LogP contribution in [-0.4, -0.2) is 48.5 Å². The molecule has 1 rings (SSSR count). The Hall–Kier alpha value is -2.97. The molecule has 0 unspecified atom stereocenters. The maximum atomic E-state index is 13.1. The van der Waals surface area contributed by atoms with Gasteiger partial charge in [-0.15, -0.1) is 0 Å². The number of hydrogen-bond acceptors (Lipinski definition) is 6. The van der Waals surface area contributed by atoms with E-state index in [4.69, 9.17) is 9.47 Å². The lowest BCUT2D eigenvalue weighted by Crippen LogP contribution is -2.52. The minimum atomic E-state index is -1.10. The highest BCUT2D eigenvalue weighted by Crippen LogP contribution is 2.11. The molecule has 0 radical (unpaired) electrons. The van der Waals surface area contributed by atoms with E-state index in [0.717, 1.165) is 0 Å². The molecular weight excluding hydrogens is 395 g/mol. The van der Waals surface area contributed by atoms with Crippen molar-refractivity contribution >= 4 is 23.8 Å². The molecule has 0 saturated heterocycles. The second kappa shape index (κ2) is 11.3. The van der Waals surface area contributed by atoms with Gasteiger partial charge in [-0.3, -0.25) is 14.4 Å². The molecule has 0 heterocycles. The van der Waals surface area contributed by atoms with Gasteiger partial charge in [0.2, 0.25) is 11.8 Å². The summed E-state index contributed by atoms with van der Waals surface area (Å²) in [4.78, 5) is 48.3. The van der Waals surface area contributed by atoms with Crippen molar-refractivity contribution in [2.75, 3.05) is 7.11 Å². The van der Waals surface area contributed by atoms with Crippen molar-refractivity contribution in [1.29, 1.82) is 0 Å². The second-order valence-corrected chi connectivity index (χ2v) is 7.79. The molecule has 0 saturated carbocycles. The molecule has 0 aromatic heterocycles. The maximum absolute atomic E-state index is 13.1. The molecule has 0 aliphatic heterocycles. The number of hydrogen-bond donors (Lipinski definition) is 2. The predicted molar refractivity (Wildman–Crippen MR) is 107 cm³/mol. The summed E-state index contributed by atoms with van der Waals surface area (Å²) in [6.07, 6.45) is -0.0532. The third kappa shape index (κ3) is 9.49. The average molecular weight is 424 g/mol. The first-order chi connectivity index (χ1) is 13.9. The van der Waals surface area contributed by atoms with Gasteiger partial charge in [0.25, 0.3) is 0 Å². The van der Waals surface area contributed by atoms with Crippen LogP contribution in [0.25, 0.3) is 0 Å². The zero-order chi connectivity index (χ0) is 22.9. The van der Waals surface area contributed by atoms with Gasteiger partial charge in [-0.2, -0.15) is 0 Å². The topological polar surface area (TPSA) is 111 Å². The summed E-state index contributed by atoms with van der Waals surface area (Å²) < 4.78 is 23.0. The van der Waals surface area contributed by atoms with Gasteiger partial charge in [-0.1, -0.05) is 12.1 Å². The molecule has 0 bridgehead atoms. The third-order valence-corrected chi connectivity index (χ3v) is 3.91. The van der Waals surface area contributed by atoms with Crippen LogP contribution < -0.4 is 10.6 Å². The summed E-state index contributed by atoms with van der Waals surface area (Å²) in [5.74, 6) is -2.74. The predicted octanol–water partition coefficient (Wildman–Crippen LogP) is 1.65. The van der Waals surface area contributed by atoms with Crippen LogP contribution in [0.4, 0.5) is 4.39 Å². The number of nitrogens with one attached hydrogen (secondary N) is 2. The van der Waals surface area contributed by atoms with Gasteiger partial charge in [0.15, 0.2) is 0 Å².